The van der Waals surface area contributed by atoms with E-state index < -0.39 is 35.4 Å². The Balaban J connectivity index is 0.789. The van der Waals surface area contributed by atoms with Crippen molar-refractivity contribution in [3.8, 4) is 21.9 Å². The van der Waals surface area contributed by atoms with Crippen molar-refractivity contribution in [3.63, 3.8) is 0 Å². The number of likely N-dealkylation sites (tertiary alicyclic amines) is 1. The molecule has 4 amide bonds. The van der Waals surface area contributed by atoms with E-state index in [1.54, 1.807) is 28.4 Å². The molecule has 1 aromatic heterocycles. The van der Waals surface area contributed by atoms with Crippen LogP contribution in [0.3, 0.4) is 0 Å². The molecule has 0 saturated carbocycles. The molecule has 0 radical (unpaired) electrons. The van der Waals surface area contributed by atoms with E-state index in [1.807, 2.05) is 112 Å². The smallest absolute Gasteiger partial charge is 0.248 e. The van der Waals surface area contributed by atoms with Crippen LogP contribution in [0.25, 0.3) is 21.6 Å². The van der Waals surface area contributed by atoms with Crippen LogP contribution in [0, 0.1) is 12.3 Å². The fraction of sp³-hybridized carbons (Fsp3) is 0.411. The quantitative estimate of drug-likeness (QED) is 0.0326. The summed E-state index contributed by atoms with van der Waals surface area (Å²) in [5.41, 5.74) is 9.21. The normalized spacial score (nSPS) is 17.0. The van der Waals surface area contributed by atoms with Gasteiger partial charge in [-0.15, -0.1) is 22.9 Å². The van der Waals surface area contributed by atoms with E-state index in [-0.39, 0.29) is 63.5 Å². The minimum absolute atomic E-state index is 0.0340. The number of hydrogen-bond donors (Lipinski definition) is 4. The lowest BCUT2D eigenvalue weighted by atomic mass is 9.85. The zero-order valence-electron chi connectivity index (χ0n) is 42.1. The maximum atomic E-state index is 14.0. The van der Waals surface area contributed by atoms with Gasteiger partial charge in [0.1, 0.15) is 43.4 Å². The summed E-state index contributed by atoms with van der Waals surface area (Å²) in [6.45, 7) is 11.0. The number of amides is 4. The number of benzene rings is 4. The molecular weight excluding hydrogens is 968 g/mol. The first kappa shape index (κ1) is 54.6. The number of rotatable bonds is 22. The third-order valence-corrected chi connectivity index (χ3v) is 14.2. The third kappa shape index (κ3) is 15.2. The maximum Gasteiger partial charge on any atom is 0.248 e. The molecule has 7 rings (SSSR count). The van der Waals surface area contributed by atoms with Gasteiger partial charge < -0.3 is 44.9 Å². The van der Waals surface area contributed by atoms with Gasteiger partial charge in [0.25, 0.3) is 0 Å². The highest BCUT2D eigenvalue weighted by molar-refractivity contribution is 7.13. The van der Waals surface area contributed by atoms with Crippen LogP contribution in [-0.4, -0.2) is 150 Å². The Kier molecular flexibility index (Phi) is 19.6. The summed E-state index contributed by atoms with van der Waals surface area (Å²) in [6.07, 6.45) is -0.139. The standard InChI is InChI=1S/C56H67ClN6O9S/c1-38-52(73-37-59-38)43-12-10-39(11-13-43)33-58-54(68)48-32-45(65)34-63(48)55(69)53(56(2,3)4)60-49(66)35-70-30-31-71-36-50(67)62-26-24-61(25-27-62)28-29-72-46-20-16-42(17-21-46)51(41-14-18-44(64)19-15-41)47(22-23-57)40-8-6-5-7-9-40/h5-21,37,45,48,53,64-65H,22-36H2,1-4H3,(H,58,68)(H,60,66)/t45-,48+,53-/m1/s1. The summed E-state index contributed by atoms with van der Waals surface area (Å²) in [6, 6.07) is 31.4. The Bertz CT molecular complexity index is 2630. The molecule has 4 N–H and O–H groups in total. The van der Waals surface area contributed by atoms with Crippen molar-refractivity contribution in [2.45, 2.75) is 65.3 Å². The zero-order valence-corrected chi connectivity index (χ0v) is 43.6. The summed E-state index contributed by atoms with van der Waals surface area (Å²) in [5, 5.41) is 26.3. The number of halogens is 1. The number of ether oxygens (including phenoxy) is 3. The lowest BCUT2D eigenvalue weighted by molar-refractivity contribution is -0.144. The fourth-order valence-corrected chi connectivity index (χ4v) is 10.0. The number of thiazole rings is 1. The molecule has 5 aromatic rings. The minimum atomic E-state index is -0.997. The molecule has 2 aliphatic heterocycles. The highest BCUT2D eigenvalue weighted by Crippen LogP contribution is 2.36. The highest BCUT2D eigenvalue weighted by Gasteiger charge is 2.44. The minimum Gasteiger partial charge on any atom is -0.508 e. The molecular formula is C56H67ClN6O9S. The summed E-state index contributed by atoms with van der Waals surface area (Å²) in [4.78, 5) is 64.3. The number of aryl methyl sites for hydroxylation is 1. The van der Waals surface area contributed by atoms with Crippen molar-refractivity contribution in [2.75, 3.05) is 78.2 Å². The fourth-order valence-electron chi connectivity index (χ4n) is 9.04. The van der Waals surface area contributed by atoms with Crippen LogP contribution in [0.1, 0.15) is 61.6 Å². The number of aliphatic hydroxyl groups is 1. The predicted molar refractivity (Wildman–Crippen MR) is 284 cm³/mol. The number of allylic oxidation sites excluding steroid dienone is 1. The summed E-state index contributed by atoms with van der Waals surface area (Å²) < 4.78 is 17.3. The van der Waals surface area contributed by atoms with E-state index in [9.17, 15) is 29.4 Å². The highest BCUT2D eigenvalue weighted by atomic mass is 35.5. The van der Waals surface area contributed by atoms with Gasteiger partial charge in [-0.3, -0.25) is 24.1 Å². The number of β-amino-alcohol motifs (C(OH)–C–C–N with tert-alkyl or cyclic N) is 1. The number of aromatic nitrogens is 1. The van der Waals surface area contributed by atoms with Gasteiger partial charge in [0, 0.05) is 58.1 Å². The number of nitrogens with one attached hydrogen (secondary N) is 2. The number of carbonyl (C=O) groups excluding carboxylic acids is 4. The van der Waals surface area contributed by atoms with Gasteiger partial charge in [0.15, 0.2) is 0 Å². The van der Waals surface area contributed by atoms with E-state index in [4.69, 9.17) is 25.8 Å². The third-order valence-electron chi connectivity index (χ3n) is 13.0. The second-order valence-electron chi connectivity index (χ2n) is 19.3. The van der Waals surface area contributed by atoms with Crippen LogP contribution in [0.5, 0.6) is 11.5 Å². The van der Waals surface area contributed by atoms with E-state index >= 15 is 0 Å². The topological polar surface area (TPSA) is 183 Å². The summed E-state index contributed by atoms with van der Waals surface area (Å²) in [7, 11) is 0. The molecule has 0 unspecified atom stereocenters. The molecule has 2 fully saturated rings. The van der Waals surface area contributed by atoms with Crippen LogP contribution in [-0.2, 0) is 35.2 Å². The van der Waals surface area contributed by atoms with Gasteiger partial charge >= 0.3 is 0 Å². The lowest BCUT2D eigenvalue weighted by Gasteiger charge is -2.35. The van der Waals surface area contributed by atoms with Gasteiger partial charge in [-0.1, -0.05) is 99.6 Å². The van der Waals surface area contributed by atoms with Crippen molar-refractivity contribution in [2.24, 2.45) is 5.41 Å². The number of piperazine rings is 1. The van der Waals surface area contributed by atoms with Crippen molar-refractivity contribution < 1.29 is 43.6 Å². The average Bonchev–Trinajstić information content (AvgIpc) is 4.01. The van der Waals surface area contributed by atoms with Gasteiger partial charge in [-0.2, -0.15) is 0 Å². The average molecular weight is 1040 g/mol. The van der Waals surface area contributed by atoms with Crippen molar-refractivity contribution in [3.05, 3.63) is 137 Å². The molecule has 4 aromatic carbocycles. The monoisotopic (exact) mass is 1030 g/mol. The molecule has 0 bridgehead atoms. The number of carbonyl (C=O) groups is 4. The van der Waals surface area contributed by atoms with E-state index in [2.05, 4.69) is 32.7 Å². The van der Waals surface area contributed by atoms with Gasteiger partial charge in [0.2, 0.25) is 23.6 Å². The Labute approximate surface area is 437 Å². The number of phenolic OH excluding ortho intramolecular Hbond substituents is 1. The van der Waals surface area contributed by atoms with Crippen molar-refractivity contribution in [1.82, 2.24) is 30.3 Å². The summed E-state index contributed by atoms with van der Waals surface area (Å²) >= 11 is 7.89. The van der Waals surface area contributed by atoms with Crippen LogP contribution < -0.4 is 15.4 Å². The number of phenols is 1. The first-order chi connectivity index (χ1) is 35.2. The molecule has 0 spiro atoms. The molecule has 3 heterocycles. The SMILES string of the molecule is Cc1ncsc1-c1ccc(CNC(=O)[C@@H]2C[C@@H](O)CN2C(=O)[C@@H](NC(=O)COCCOCC(=O)N2CCN(CCOc3ccc(C(=C(CCCl)c4ccccc4)c4ccc(O)cc4)cc3)CC2)C(C)(C)C)cc1. The number of aliphatic hydroxyl groups excluding tert-OH is 1. The first-order valence-corrected chi connectivity index (χ1v) is 26.2. The Hall–Kier alpha value is -6.14. The number of nitrogens with zero attached hydrogens (tertiary/aromatic N) is 4. The van der Waals surface area contributed by atoms with Gasteiger partial charge in [-0.05, 0) is 82.0 Å². The van der Waals surface area contributed by atoms with Crippen molar-refractivity contribution in [1.29, 1.82) is 0 Å². The van der Waals surface area contributed by atoms with Crippen LogP contribution in [0.2, 0.25) is 0 Å². The number of hydrogen-bond acceptors (Lipinski definition) is 12. The second kappa shape index (κ2) is 26.2. The van der Waals surface area contributed by atoms with Crippen LogP contribution in [0.15, 0.2) is 109 Å². The molecule has 2 saturated heterocycles. The Morgan fingerprint density at radius 3 is 2.12 bits per heavy atom. The van der Waals surface area contributed by atoms with Crippen molar-refractivity contribution >= 4 is 57.7 Å². The molecule has 0 aliphatic carbocycles. The van der Waals surface area contributed by atoms with Gasteiger partial charge in [-0.25, -0.2) is 4.98 Å². The molecule has 388 valence electrons. The van der Waals surface area contributed by atoms with Crippen LogP contribution >= 0.6 is 22.9 Å². The Morgan fingerprint density at radius 2 is 1.49 bits per heavy atom. The molecule has 73 heavy (non-hydrogen) atoms. The van der Waals surface area contributed by atoms with Gasteiger partial charge in [0.05, 0.1) is 35.4 Å². The Morgan fingerprint density at radius 1 is 0.836 bits per heavy atom. The first-order valence-electron chi connectivity index (χ1n) is 24.8. The summed E-state index contributed by atoms with van der Waals surface area (Å²) in [5.74, 6) is -0.0840. The zero-order chi connectivity index (χ0) is 51.9. The molecule has 2 aliphatic rings. The maximum absolute atomic E-state index is 14.0. The van der Waals surface area contributed by atoms with E-state index in [0.29, 0.717) is 51.6 Å². The second-order valence-corrected chi connectivity index (χ2v) is 20.6. The number of aromatic hydroxyl groups is 1. The lowest BCUT2D eigenvalue weighted by Crippen LogP contribution is -2.58. The van der Waals surface area contributed by atoms with Crippen LogP contribution in [0.4, 0.5) is 0 Å². The van der Waals surface area contributed by atoms with E-state index in [0.717, 1.165) is 55.3 Å². The predicted octanol–water partition coefficient (Wildman–Crippen LogP) is 6.78. The largest absolute Gasteiger partial charge is 0.508 e. The number of alkyl halides is 1. The molecule has 15 nitrogen and oxygen atoms in total. The molecule has 3 atom stereocenters. The molecule has 17 heteroatoms. The van der Waals surface area contributed by atoms with E-state index in [1.165, 1.54) is 4.90 Å².